The number of nitrogens with one attached hydrogen (secondary N) is 1. The fourth-order valence-electron chi connectivity index (χ4n) is 0.984. The number of rotatable bonds is 7. The number of esters is 1. The van der Waals surface area contributed by atoms with Gasteiger partial charge in [-0.15, -0.1) is 0 Å². The van der Waals surface area contributed by atoms with Crippen LogP contribution in [0.15, 0.2) is 0 Å². The Balaban J connectivity index is 3.60. The zero-order chi connectivity index (χ0) is 11.0. The molecule has 4 heteroatoms. The Kier molecular flexibility index (Phi) is 6.49. The van der Waals surface area contributed by atoms with Gasteiger partial charge in [0.05, 0.1) is 25.7 Å². The third-order valence-corrected chi connectivity index (χ3v) is 1.87. The van der Waals surface area contributed by atoms with E-state index < -0.39 is 5.41 Å². The Morgan fingerprint density at radius 3 is 2.57 bits per heavy atom. The molecule has 4 nitrogen and oxygen atoms in total. The molecule has 0 aromatic heterocycles. The van der Waals surface area contributed by atoms with Crippen LogP contribution in [0.4, 0.5) is 0 Å². The van der Waals surface area contributed by atoms with Crippen molar-refractivity contribution in [2.24, 2.45) is 5.41 Å². The molecular weight excluding hydrogens is 182 g/mol. The maximum Gasteiger partial charge on any atom is 0.313 e. The molecular formula is C10H21NO3. The van der Waals surface area contributed by atoms with Gasteiger partial charge in [-0.1, -0.05) is 6.92 Å². The molecule has 0 aromatic carbocycles. The van der Waals surface area contributed by atoms with Gasteiger partial charge < -0.3 is 14.8 Å². The van der Waals surface area contributed by atoms with Crippen molar-refractivity contribution in [3.8, 4) is 0 Å². The van der Waals surface area contributed by atoms with Crippen LogP contribution in [0.3, 0.4) is 0 Å². The van der Waals surface area contributed by atoms with Crippen LogP contribution in [0.2, 0.25) is 0 Å². The average Bonchev–Trinajstić information content (AvgIpc) is 2.16. The van der Waals surface area contributed by atoms with Crippen LogP contribution in [0.1, 0.15) is 20.8 Å². The number of ether oxygens (including phenoxy) is 2. The Hall–Kier alpha value is -0.610. The molecule has 0 fully saturated rings. The number of carbonyl (C=O) groups is 1. The molecule has 0 aromatic rings. The summed E-state index contributed by atoms with van der Waals surface area (Å²) in [7, 11) is 1.39. The van der Waals surface area contributed by atoms with E-state index in [1.807, 2.05) is 20.8 Å². The molecule has 1 N–H and O–H groups in total. The van der Waals surface area contributed by atoms with Gasteiger partial charge in [-0.3, -0.25) is 4.79 Å². The minimum absolute atomic E-state index is 0.235. The first-order chi connectivity index (χ1) is 6.54. The SMILES string of the molecule is CCNCCOCC(C)(C)C(=O)OC. The fraction of sp³-hybridized carbons (Fsp3) is 0.900. The quantitative estimate of drug-likeness (QED) is 0.491. The highest BCUT2D eigenvalue weighted by atomic mass is 16.5. The van der Waals surface area contributed by atoms with Crippen LogP contribution in [0.5, 0.6) is 0 Å². The van der Waals surface area contributed by atoms with E-state index in [1.165, 1.54) is 7.11 Å². The largest absolute Gasteiger partial charge is 0.469 e. The van der Waals surface area contributed by atoms with Gasteiger partial charge in [0.2, 0.25) is 0 Å². The Morgan fingerprint density at radius 1 is 1.43 bits per heavy atom. The number of hydrogen-bond acceptors (Lipinski definition) is 4. The molecule has 0 saturated heterocycles. The summed E-state index contributed by atoms with van der Waals surface area (Å²) < 4.78 is 10.0. The van der Waals surface area contributed by atoms with Crippen molar-refractivity contribution in [1.82, 2.24) is 5.32 Å². The van der Waals surface area contributed by atoms with Crippen molar-refractivity contribution in [2.45, 2.75) is 20.8 Å². The predicted molar refractivity (Wildman–Crippen MR) is 55.2 cm³/mol. The summed E-state index contributed by atoms with van der Waals surface area (Å²) in [6, 6.07) is 0. The van der Waals surface area contributed by atoms with E-state index in [1.54, 1.807) is 0 Å². The van der Waals surface area contributed by atoms with Crippen LogP contribution >= 0.6 is 0 Å². The Bertz CT molecular complexity index is 169. The molecule has 0 radical (unpaired) electrons. The summed E-state index contributed by atoms with van der Waals surface area (Å²) in [5.41, 5.74) is -0.555. The second kappa shape index (κ2) is 6.79. The van der Waals surface area contributed by atoms with Crippen LogP contribution in [-0.4, -0.2) is 39.4 Å². The van der Waals surface area contributed by atoms with Gasteiger partial charge in [-0.25, -0.2) is 0 Å². The third kappa shape index (κ3) is 5.19. The standard InChI is InChI=1S/C10H21NO3/c1-5-11-6-7-14-8-10(2,3)9(12)13-4/h11H,5-8H2,1-4H3. The lowest BCUT2D eigenvalue weighted by atomic mass is 9.95. The van der Waals surface area contributed by atoms with Gasteiger partial charge in [0.1, 0.15) is 0 Å². The molecule has 84 valence electrons. The highest BCUT2D eigenvalue weighted by Gasteiger charge is 2.28. The summed E-state index contributed by atoms with van der Waals surface area (Å²) in [6.07, 6.45) is 0. The molecule has 0 heterocycles. The topological polar surface area (TPSA) is 47.6 Å². The first kappa shape index (κ1) is 13.4. The third-order valence-electron chi connectivity index (χ3n) is 1.87. The number of hydrogen-bond donors (Lipinski definition) is 1. The normalized spacial score (nSPS) is 11.4. The molecule has 0 spiro atoms. The van der Waals surface area contributed by atoms with E-state index in [2.05, 4.69) is 10.1 Å². The van der Waals surface area contributed by atoms with Crippen molar-refractivity contribution in [3.63, 3.8) is 0 Å². The second-order valence-electron chi connectivity index (χ2n) is 3.78. The van der Waals surface area contributed by atoms with Gasteiger partial charge in [0.15, 0.2) is 0 Å². The van der Waals surface area contributed by atoms with Crippen LogP contribution in [0, 0.1) is 5.41 Å². The average molecular weight is 203 g/mol. The lowest BCUT2D eigenvalue weighted by molar-refractivity contribution is -0.154. The van der Waals surface area contributed by atoms with Gasteiger partial charge in [0.25, 0.3) is 0 Å². The van der Waals surface area contributed by atoms with Crippen LogP contribution < -0.4 is 5.32 Å². The number of methoxy groups -OCH3 is 1. The highest BCUT2D eigenvalue weighted by molar-refractivity contribution is 5.75. The Labute approximate surface area is 86.0 Å². The lowest BCUT2D eigenvalue weighted by Crippen LogP contribution is -2.32. The van der Waals surface area contributed by atoms with E-state index in [-0.39, 0.29) is 5.97 Å². The smallest absolute Gasteiger partial charge is 0.313 e. The monoisotopic (exact) mass is 203 g/mol. The van der Waals surface area contributed by atoms with Crippen LogP contribution in [-0.2, 0) is 14.3 Å². The summed E-state index contributed by atoms with van der Waals surface area (Å²) in [4.78, 5) is 11.2. The van der Waals surface area contributed by atoms with Crippen LogP contribution in [0.25, 0.3) is 0 Å². The maximum atomic E-state index is 11.2. The lowest BCUT2D eigenvalue weighted by Gasteiger charge is -2.21. The second-order valence-corrected chi connectivity index (χ2v) is 3.78. The number of likely N-dealkylation sites (N-methyl/N-ethyl adjacent to an activating group) is 1. The number of carbonyl (C=O) groups excluding carboxylic acids is 1. The zero-order valence-electron chi connectivity index (χ0n) is 9.55. The minimum atomic E-state index is -0.555. The molecule has 0 bridgehead atoms. The molecule has 0 saturated carbocycles. The first-order valence-electron chi connectivity index (χ1n) is 4.91. The summed E-state index contributed by atoms with van der Waals surface area (Å²) in [5, 5.41) is 3.14. The molecule has 0 atom stereocenters. The van der Waals surface area contributed by atoms with Crippen molar-refractivity contribution in [2.75, 3.05) is 33.4 Å². The molecule has 0 aliphatic carbocycles. The molecule has 14 heavy (non-hydrogen) atoms. The van der Waals surface area contributed by atoms with Gasteiger partial charge in [0, 0.05) is 6.54 Å². The summed E-state index contributed by atoms with van der Waals surface area (Å²) in [6.45, 7) is 8.42. The van der Waals surface area contributed by atoms with E-state index in [0.29, 0.717) is 13.2 Å². The van der Waals surface area contributed by atoms with Crippen molar-refractivity contribution >= 4 is 5.97 Å². The maximum absolute atomic E-state index is 11.2. The molecule has 0 aliphatic heterocycles. The molecule has 0 unspecified atom stereocenters. The molecule has 0 rings (SSSR count). The Morgan fingerprint density at radius 2 is 2.07 bits per heavy atom. The van der Waals surface area contributed by atoms with E-state index in [9.17, 15) is 4.79 Å². The van der Waals surface area contributed by atoms with E-state index in [4.69, 9.17) is 4.74 Å². The van der Waals surface area contributed by atoms with E-state index in [0.717, 1.165) is 13.1 Å². The first-order valence-corrected chi connectivity index (χ1v) is 4.91. The van der Waals surface area contributed by atoms with Gasteiger partial charge in [-0.05, 0) is 20.4 Å². The fourth-order valence-corrected chi connectivity index (χ4v) is 0.984. The molecule has 0 aliphatic rings. The van der Waals surface area contributed by atoms with Gasteiger partial charge in [-0.2, -0.15) is 0 Å². The predicted octanol–water partition coefficient (Wildman–Crippen LogP) is 0.812. The highest BCUT2D eigenvalue weighted by Crippen LogP contribution is 2.16. The van der Waals surface area contributed by atoms with Crippen molar-refractivity contribution < 1.29 is 14.3 Å². The summed E-state index contributed by atoms with van der Waals surface area (Å²) in [5.74, 6) is -0.235. The zero-order valence-corrected chi connectivity index (χ0v) is 9.55. The summed E-state index contributed by atoms with van der Waals surface area (Å²) >= 11 is 0. The van der Waals surface area contributed by atoms with Gasteiger partial charge >= 0.3 is 5.97 Å². The van der Waals surface area contributed by atoms with Crippen molar-refractivity contribution in [1.29, 1.82) is 0 Å². The minimum Gasteiger partial charge on any atom is -0.469 e. The molecule has 0 amide bonds. The van der Waals surface area contributed by atoms with E-state index >= 15 is 0 Å². The van der Waals surface area contributed by atoms with Crippen molar-refractivity contribution in [3.05, 3.63) is 0 Å².